The second-order valence-electron chi connectivity index (χ2n) is 8.33. The molecular formula is C22H32N4O6S. The van der Waals surface area contributed by atoms with E-state index >= 15 is 0 Å². The molecule has 10 nitrogen and oxygen atoms in total. The first-order valence-corrected chi connectivity index (χ1v) is 11.4. The van der Waals surface area contributed by atoms with Crippen molar-refractivity contribution in [1.82, 2.24) is 19.7 Å². The Balaban J connectivity index is 2.01. The number of rotatable bonds is 8. The molecule has 0 aliphatic carbocycles. The number of aliphatic hydroxyl groups excluding tert-OH is 3. The highest BCUT2D eigenvalue weighted by Gasteiger charge is 2.46. The number of aromatic nitrogens is 3. The van der Waals surface area contributed by atoms with Crippen LogP contribution in [0.4, 0.5) is 0 Å². The van der Waals surface area contributed by atoms with Crippen molar-refractivity contribution in [2.24, 2.45) is 0 Å². The van der Waals surface area contributed by atoms with Gasteiger partial charge >= 0.3 is 0 Å². The Morgan fingerprint density at radius 2 is 2.09 bits per heavy atom. The van der Waals surface area contributed by atoms with Crippen LogP contribution in [0.15, 0.2) is 24.3 Å². The van der Waals surface area contributed by atoms with E-state index in [1.807, 2.05) is 49.6 Å². The number of hydrogen-bond acceptors (Lipinski definition) is 8. The predicted octanol–water partition coefficient (Wildman–Crippen LogP) is 1.39. The minimum atomic E-state index is -1.40. The third-order valence-corrected chi connectivity index (χ3v) is 6.19. The lowest BCUT2D eigenvalue weighted by Crippen LogP contribution is -2.62. The van der Waals surface area contributed by atoms with Gasteiger partial charge in [0, 0.05) is 13.0 Å². The summed E-state index contributed by atoms with van der Waals surface area (Å²) in [6.45, 7) is 6.91. The number of hydrogen-bond donors (Lipinski definition) is 4. The van der Waals surface area contributed by atoms with Gasteiger partial charge in [-0.05, 0) is 50.2 Å². The maximum Gasteiger partial charge on any atom is 0.217 e. The summed E-state index contributed by atoms with van der Waals surface area (Å²) in [5.74, 6) is 0.815. The molecule has 0 radical (unpaired) electrons. The largest absolute Gasteiger partial charge is 0.486 e. The summed E-state index contributed by atoms with van der Waals surface area (Å²) in [6, 6.07) is 6.61. The summed E-state index contributed by atoms with van der Waals surface area (Å²) in [7, 11) is 0. The van der Waals surface area contributed by atoms with E-state index in [4.69, 9.17) is 21.7 Å². The van der Waals surface area contributed by atoms with E-state index in [1.54, 1.807) is 0 Å². The highest BCUT2D eigenvalue weighted by molar-refractivity contribution is 7.71. The molecule has 1 fully saturated rings. The first-order valence-electron chi connectivity index (χ1n) is 11.0. The lowest BCUT2D eigenvalue weighted by Gasteiger charge is -2.42. The minimum absolute atomic E-state index is 0.00526. The molecule has 0 spiro atoms. The second kappa shape index (κ2) is 10.7. The molecule has 2 aromatic rings. The first-order chi connectivity index (χ1) is 15.7. The van der Waals surface area contributed by atoms with Gasteiger partial charge < -0.3 is 30.1 Å². The maximum absolute atomic E-state index is 11.8. The Labute approximate surface area is 197 Å². The van der Waals surface area contributed by atoms with Crippen LogP contribution in [-0.4, -0.2) is 66.5 Å². The molecular weight excluding hydrogens is 448 g/mol. The van der Waals surface area contributed by atoms with Crippen LogP contribution in [0.25, 0.3) is 0 Å². The average molecular weight is 481 g/mol. The van der Waals surface area contributed by atoms with Crippen LogP contribution < -0.4 is 10.1 Å². The highest BCUT2D eigenvalue weighted by Crippen LogP contribution is 2.30. The third-order valence-electron chi connectivity index (χ3n) is 5.80. The summed E-state index contributed by atoms with van der Waals surface area (Å²) in [4.78, 5) is 11.8. The van der Waals surface area contributed by atoms with E-state index in [9.17, 15) is 20.1 Å². The lowest BCUT2D eigenvalue weighted by molar-refractivity contribution is -0.219. The Bertz CT molecular complexity index is 1020. The molecule has 1 aromatic heterocycles. The monoisotopic (exact) mass is 480 g/mol. The van der Waals surface area contributed by atoms with Gasteiger partial charge in [-0.15, -0.1) is 0 Å². The molecule has 1 aliphatic heterocycles. The van der Waals surface area contributed by atoms with Crippen LogP contribution in [0.1, 0.15) is 50.8 Å². The van der Waals surface area contributed by atoms with Gasteiger partial charge in [0.25, 0.3) is 0 Å². The number of aryl methyl sites for hydroxylation is 1. The van der Waals surface area contributed by atoms with E-state index in [0.717, 1.165) is 12.0 Å². The molecule has 33 heavy (non-hydrogen) atoms. The van der Waals surface area contributed by atoms with Crippen molar-refractivity contribution in [3.8, 4) is 5.75 Å². The number of amides is 1. The van der Waals surface area contributed by atoms with Crippen molar-refractivity contribution < 1.29 is 29.6 Å². The zero-order valence-electron chi connectivity index (χ0n) is 19.2. The van der Waals surface area contributed by atoms with Gasteiger partial charge in [0.05, 0.1) is 6.61 Å². The molecule has 11 heteroatoms. The van der Waals surface area contributed by atoms with Crippen LogP contribution in [0, 0.1) is 11.7 Å². The average Bonchev–Trinajstić information content (AvgIpc) is 3.11. The molecule has 2 heterocycles. The molecule has 6 atom stereocenters. The Hall–Kier alpha value is -2.31. The zero-order valence-corrected chi connectivity index (χ0v) is 20.0. The summed E-state index contributed by atoms with van der Waals surface area (Å²) in [5, 5.41) is 37.8. The van der Waals surface area contributed by atoms with E-state index in [0.29, 0.717) is 16.3 Å². The van der Waals surface area contributed by atoms with Gasteiger partial charge in [-0.1, -0.05) is 19.1 Å². The van der Waals surface area contributed by atoms with Crippen LogP contribution in [0.3, 0.4) is 0 Å². The van der Waals surface area contributed by atoms with Crippen molar-refractivity contribution in [2.45, 2.75) is 77.3 Å². The van der Waals surface area contributed by atoms with E-state index in [2.05, 4.69) is 10.4 Å². The predicted molar refractivity (Wildman–Crippen MR) is 122 cm³/mol. The SMILES string of the molecule is CCC(C)n1c(COc2cccc(C)c2)nn([C@@H]2O[C@H](CO)[C@@H](O)[C@H](O)[C@H]2NC(C)=O)c1=S. The van der Waals surface area contributed by atoms with Crippen molar-refractivity contribution in [3.63, 3.8) is 0 Å². The number of nitrogens with zero attached hydrogens (tertiary/aromatic N) is 3. The summed E-state index contributed by atoms with van der Waals surface area (Å²) >= 11 is 5.71. The number of aliphatic hydroxyl groups is 3. The Kier molecular flexibility index (Phi) is 8.24. The van der Waals surface area contributed by atoms with Crippen LogP contribution >= 0.6 is 12.2 Å². The molecule has 0 bridgehead atoms. The first kappa shape index (κ1) is 25.3. The van der Waals surface area contributed by atoms with Gasteiger partial charge in [-0.25, -0.2) is 4.68 Å². The standard InChI is InChI=1S/C22H32N4O6S/c1-5-13(3)25-17(11-31-15-8-6-7-12(2)9-15)24-26(22(25)33)21-18(23-14(4)28)20(30)19(29)16(10-27)32-21/h6-9,13,16,18-21,27,29-30H,5,10-11H2,1-4H3,(H,23,28)/t13?,16-,18-,19-,20-,21-/m1/s1. The summed E-state index contributed by atoms with van der Waals surface area (Å²) in [6.07, 6.45) is -4.12. The molecule has 182 valence electrons. The van der Waals surface area contributed by atoms with Crippen molar-refractivity contribution in [2.75, 3.05) is 6.61 Å². The van der Waals surface area contributed by atoms with E-state index in [1.165, 1.54) is 11.6 Å². The van der Waals surface area contributed by atoms with Crippen LogP contribution in [-0.2, 0) is 16.1 Å². The topological polar surface area (TPSA) is 131 Å². The number of carbonyl (C=O) groups is 1. The maximum atomic E-state index is 11.8. The molecule has 0 saturated carbocycles. The van der Waals surface area contributed by atoms with E-state index in [-0.39, 0.29) is 12.6 Å². The summed E-state index contributed by atoms with van der Waals surface area (Å²) in [5.41, 5.74) is 1.06. The van der Waals surface area contributed by atoms with Gasteiger partial charge in [-0.2, -0.15) is 5.10 Å². The molecule has 1 unspecified atom stereocenters. The molecule has 1 aromatic carbocycles. The van der Waals surface area contributed by atoms with Crippen LogP contribution in [0.5, 0.6) is 5.75 Å². The van der Waals surface area contributed by atoms with Gasteiger partial charge in [0.15, 0.2) is 12.1 Å². The minimum Gasteiger partial charge on any atom is -0.486 e. The van der Waals surface area contributed by atoms with Gasteiger partial charge in [0.2, 0.25) is 10.7 Å². The zero-order chi connectivity index (χ0) is 24.3. The van der Waals surface area contributed by atoms with Crippen molar-refractivity contribution in [1.29, 1.82) is 0 Å². The third kappa shape index (κ3) is 5.44. The van der Waals surface area contributed by atoms with Crippen molar-refractivity contribution >= 4 is 18.1 Å². The van der Waals surface area contributed by atoms with Gasteiger partial charge in [0.1, 0.15) is 36.7 Å². The fourth-order valence-electron chi connectivity index (χ4n) is 3.88. The molecule has 1 saturated heterocycles. The Morgan fingerprint density at radius 1 is 1.36 bits per heavy atom. The Morgan fingerprint density at radius 3 is 2.70 bits per heavy atom. The van der Waals surface area contributed by atoms with Gasteiger partial charge in [-0.3, -0.25) is 9.36 Å². The number of ether oxygens (including phenoxy) is 2. The molecule has 1 amide bonds. The second-order valence-corrected chi connectivity index (χ2v) is 8.70. The highest BCUT2D eigenvalue weighted by atomic mass is 32.1. The number of benzene rings is 1. The fourth-order valence-corrected chi connectivity index (χ4v) is 4.31. The lowest BCUT2D eigenvalue weighted by atomic mass is 9.96. The van der Waals surface area contributed by atoms with Crippen LogP contribution in [0.2, 0.25) is 0 Å². The number of nitrogens with one attached hydrogen (secondary N) is 1. The quantitative estimate of drug-likeness (QED) is 0.417. The van der Waals surface area contributed by atoms with E-state index < -0.39 is 43.1 Å². The summed E-state index contributed by atoms with van der Waals surface area (Å²) < 4.78 is 15.4. The molecule has 3 rings (SSSR count). The number of carbonyl (C=O) groups excluding carboxylic acids is 1. The molecule has 4 N–H and O–H groups in total. The smallest absolute Gasteiger partial charge is 0.217 e. The molecule has 1 aliphatic rings. The van der Waals surface area contributed by atoms with Crippen molar-refractivity contribution in [3.05, 3.63) is 40.4 Å². The fraction of sp³-hybridized carbons (Fsp3) is 0.591. The normalized spacial score (nSPS) is 26.1.